The average Bonchev–Trinajstić information content (AvgIpc) is 2.30. The van der Waals surface area contributed by atoms with Crippen molar-refractivity contribution in [2.45, 2.75) is 39.2 Å². The third-order valence-electron chi connectivity index (χ3n) is 2.44. The van der Waals surface area contributed by atoms with Gasteiger partial charge in [0, 0.05) is 19.5 Å². The maximum absolute atomic E-state index is 11.8. The molecule has 0 heterocycles. The first-order valence-corrected chi connectivity index (χ1v) is 5.98. The van der Waals surface area contributed by atoms with E-state index in [1.54, 1.807) is 0 Å². The smallest absolute Gasteiger partial charge is 0.326 e. The van der Waals surface area contributed by atoms with Gasteiger partial charge in [0.25, 0.3) is 0 Å². The summed E-state index contributed by atoms with van der Waals surface area (Å²) in [5, 5.41) is 11.3. The number of nitrogens with zero attached hydrogens (tertiary/aromatic N) is 1. The molecular formula is C11H21N3O4. The molecule has 104 valence electrons. The van der Waals surface area contributed by atoms with Crippen LogP contribution in [-0.4, -0.2) is 47.0 Å². The second-order valence-corrected chi connectivity index (χ2v) is 3.92. The minimum Gasteiger partial charge on any atom is -0.480 e. The zero-order valence-electron chi connectivity index (χ0n) is 10.8. The first kappa shape index (κ1) is 16.2. The molecule has 0 fully saturated rings. The number of carbonyl (C=O) groups is 3. The van der Waals surface area contributed by atoms with Crippen molar-refractivity contribution in [3.8, 4) is 0 Å². The molecule has 18 heavy (non-hydrogen) atoms. The Bertz CT molecular complexity index is 307. The van der Waals surface area contributed by atoms with Gasteiger partial charge in [-0.2, -0.15) is 0 Å². The van der Waals surface area contributed by atoms with E-state index in [4.69, 9.17) is 10.8 Å². The van der Waals surface area contributed by atoms with Crippen molar-refractivity contribution in [2.75, 3.05) is 13.1 Å². The summed E-state index contributed by atoms with van der Waals surface area (Å²) in [4.78, 5) is 34.8. The van der Waals surface area contributed by atoms with Crippen molar-refractivity contribution in [1.82, 2.24) is 10.2 Å². The van der Waals surface area contributed by atoms with Gasteiger partial charge in [-0.05, 0) is 19.8 Å². The number of nitrogens with two attached hydrogens (primary N) is 1. The number of aliphatic carboxylic acids is 1. The van der Waals surface area contributed by atoms with E-state index in [2.05, 4.69) is 5.32 Å². The first-order chi connectivity index (χ1) is 8.42. The van der Waals surface area contributed by atoms with Crippen LogP contribution in [0.2, 0.25) is 0 Å². The van der Waals surface area contributed by atoms with Gasteiger partial charge in [0.1, 0.15) is 6.04 Å². The number of rotatable bonds is 8. The van der Waals surface area contributed by atoms with E-state index in [1.165, 1.54) is 4.90 Å². The molecule has 0 saturated heterocycles. The lowest BCUT2D eigenvalue weighted by molar-refractivity contribution is -0.139. The summed E-state index contributed by atoms with van der Waals surface area (Å²) in [6, 6.07) is -1.52. The number of carboxylic acid groups (broad SMARTS) is 1. The fraction of sp³-hybridized carbons (Fsp3) is 0.727. The van der Waals surface area contributed by atoms with Crippen LogP contribution in [0, 0.1) is 0 Å². The van der Waals surface area contributed by atoms with Crippen molar-refractivity contribution < 1.29 is 19.5 Å². The van der Waals surface area contributed by atoms with Crippen molar-refractivity contribution in [2.24, 2.45) is 5.73 Å². The lowest BCUT2D eigenvalue weighted by Gasteiger charge is -2.23. The highest BCUT2D eigenvalue weighted by Crippen LogP contribution is 2.00. The molecule has 0 spiro atoms. The molecule has 0 radical (unpaired) electrons. The predicted octanol–water partition coefficient (Wildman–Crippen LogP) is 0.147. The largest absolute Gasteiger partial charge is 0.480 e. The third kappa shape index (κ3) is 6.07. The van der Waals surface area contributed by atoms with Gasteiger partial charge >= 0.3 is 12.0 Å². The minimum atomic E-state index is -1.17. The summed E-state index contributed by atoms with van der Waals surface area (Å²) < 4.78 is 0. The number of hydrogen-bond acceptors (Lipinski definition) is 3. The molecule has 0 aliphatic rings. The highest BCUT2D eigenvalue weighted by atomic mass is 16.4. The van der Waals surface area contributed by atoms with Gasteiger partial charge in [-0.1, -0.05) is 6.92 Å². The molecule has 7 heteroatoms. The van der Waals surface area contributed by atoms with Gasteiger partial charge in [0.15, 0.2) is 0 Å². The highest BCUT2D eigenvalue weighted by Gasteiger charge is 2.22. The fourth-order valence-electron chi connectivity index (χ4n) is 1.46. The van der Waals surface area contributed by atoms with Gasteiger partial charge in [0.05, 0.1) is 0 Å². The van der Waals surface area contributed by atoms with Crippen LogP contribution >= 0.6 is 0 Å². The molecule has 0 aromatic heterocycles. The number of nitrogens with one attached hydrogen (secondary N) is 1. The molecular weight excluding hydrogens is 238 g/mol. The maximum Gasteiger partial charge on any atom is 0.326 e. The van der Waals surface area contributed by atoms with Crippen LogP contribution in [0.5, 0.6) is 0 Å². The number of carboxylic acids is 1. The second kappa shape index (κ2) is 8.32. The topological polar surface area (TPSA) is 113 Å². The van der Waals surface area contributed by atoms with Gasteiger partial charge in [-0.3, -0.25) is 4.79 Å². The Labute approximate surface area is 106 Å². The summed E-state index contributed by atoms with van der Waals surface area (Å²) in [6.45, 7) is 4.80. The fourth-order valence-corrected chi connectivity index (χ4v) is 1.46. The standard InChI is InChI=1S/C11H21N3O4/c1-3-7-14(4-2)11(18)13-8(10(16)17)5-6-9(12)15/h8H,3-7H2,1-2H3,(H2,12,15)(H,13,18)(H,16,17)/t8-/m1/s1. The molecule has 0 rings (SSSR count). The molecule has 0 aliphatic carbocycles. The van der Waals surface area contributed by atoms with Crippen molar-refractivity contribution in [1.29, 1.82) is 0 Å². The Morgan fingerprint density at radius 3 is 2.33 bits per heavy atom. The number of carbonyl (C=O) groups excluding carboxylic acids is 2. The summed E-state index contributed by atoms with van der Waals surface area (Å²) in [6.07, 6.45) is 0.720. The van der Waals surface area contributed by atoms with E-state index in [9.17, 15) is 14.4 Å². The molecule has 7 nitrogen and oxygen atoms in total. The van der Waals surface area contributed by atoms with Crippen LogP contribution in [0.1, 0.15) is 33.1 Å². The lowest BCUT2D eigenvalue weighted by Crippen LogP contribution is -2.48. The molecule has 0 aliphatic heterocycles. The van der Waals surface area contributed by atoms with Crippen LogP contribution in [0.3, 0.4) is 0 Å². The molecule has 0 aromatic rings. The van der Waals surface area contributed by atoms with Gasteiger partial charge in [-0.25, -0.2) is 9.59 Å². The first-order valence-electron chi connectivity index (χ1n) is 5.98. The quantitative estimate of drug-likeness (QED) is 0.575. The summed E-state index contributed by atoms with van der Waals surface area (Å²) in [5.41, 5.74) is 4.95. The van der Waals surface area contributed by atoms with E-state index in [1.807, 2.05) is 13.8 Å². The van der Waals surface area contributed by atoms with Gasteiger partial charge in [-0.15, -0.1) is 0 Å². The molecule has 0 aromatic carbocycles. The Morgan fingerprint density at radius 2 is 1.94 bits per heavy atom. The van der Waals surface area contributed by atoms with Crippen LogP contribution in [0.15, 0.2) is 0 Å². The van der Waals surface area contributed by atoms with E-state index in [0.29, 0.717) is 13.1 Å². The molecule has 0 unspecified atom stereocenters. The van der Waals surface area contributed by atoms with Crippen molar-refractivity contribution in [3.63, 3.8) is 0 Å². The minimum absolute atomic E-state index is 0.0000853. The predicted molar refractivity (Wildman–Crippen MR) is 65.9 cm³/mol. The maximum atomic E-state index is 11.8. The monoisotopic (exact) mass is 259 g/mol. The summed E-state index contributed by atoms with van der Waals surface area (Å²) >= 11 is 0. The number of amides is 3. The molecule has 0 saturated carbocycles. The van der Waals surface area contributed by atoms with Crippen LogP contribution in [-0.2, 0) is 9.59 Å². The van der Waals surface area contributed by atoms with E-state index in [-0.39, 0.29) is 12.8 Å². The Balaban J connectivity index is 4.42. The third-order valence-corrected chi connectivity index (χ3v) is 2.44. The molecule has 0 bridgehead atoms. The van der Waals surface area contributed by atoms with Crippen LogP contribution in [0.25, 0.3) is 0 Å². The van der Waals surface area contributed by atoms with E-state index >= 15 is 0 Å². The van der Waals surface area contributed by atoms with Crippen molar-refractivity contribution >= 4 is 17.9 Å². The lowest BCUT2D eigenvalue weighted by atomic mass is 10.1. The SMILES string of the molecule is CCCN(CC)C(=O)N[C@H](CCC(N)=O)C(=O)O. The summed E-state index contributed by atoms with van der Waals surface area (Å²) in [5.74, 6) is -1.76. The molecule has 3 amide bonds. The van der Waals surface area contributed by atoms with Crippen molar-refractivity contribution in [3.05, 3.63) is 0 Å². The zero-order valence-corrected chi connectivity index (χ0v) is 10.8. The number of hydrogen-bond donors (Lipinski definition) is 3. The van der Waals surface area contributed by atoms with Crippen LogP contribution in [0.4, 0.5) is 4.79 Å². The van der Waals surface area contributed by atoms with Gasteiger partial charge in [0.2, 0.25) is 5.91 Å². The Kier molecular flexibility index (Phi) is 7.50. The molecule has 1 atom stereocenters. The number of primary amides is 1. The zero-order chi connectivity index (χ0) is 14.1. The second-order valence-electron chi connectivity index (χ2n) is 3.92. The molecule has 4 N–H and O–H groups in total. The normalized spacial score (nSPS) is 11.7. The van der Waals surface area contributed by atoms with E-state index < -0.39 is 23.9 Å². The highest BCUT2D eigenvalue weighted by molar-refractivity contribution is 5.83. The summed E-state index contributed by atoms with van der Waals surface area (Å²) in [7, 11) is 0. The van der Waals surface area contributed by atoms with Crippen LogP contribution < -0.4 is 11.1 Å². The van der Waals surface area contributed by atoms with E-state index in [0.717, 1.165) is 6.42 Å². The number of urea groups is 1. The Hall–Kier alpha value is -1.79. The van der Waals surface area contributed by atoms with Gasteiger partial charge < -0.3 is 21.1 Å². The Morgan fingerprint density at radius 1 is 1.33 bits per heavy atom. The average molecular weight is 259 g/mol.